The summed E-state index contributed by atoms with van der Waals surface area (Å²) in [6, 6.07) is 13.8. The molecule has 0 aliphatic carbocycles. The zero-order valence-corrected chi connectivity index (χ0v) is 13.4. The van der Waals surface area contributed by atoms with Crippen molar-refractivity contribution in [3.63, 3.8) is 0 Å². The van der Waals surface area contributed by atoms with Crippen LogP contribution in [0.15, 0.2) is 47.3 Å². The first kappa shape index (κ1) is 14.0. The van der Waals surface area contributed by atoms with Crippen molar-refractivity contribution >= 4 is 27.6 Å². The lowest BCUT2D eigenvalue weighted by atomic mass is 10.1. The van der Waals surface area contributed by atoms with Crippen LogP contribution in [0, 0.1) is 6.92 Å². The number of hydrogen-bond donors (Lipinski definition) is 0. The molecule has 3 aromatic heterocycles. The van der Waals surface area contributed by atoms with Gasteiger partial charge in [-0.15, -0.1) is 0 Å². The third-order valence-electron chi connectivity index (χ3n) is 4.46. The van der Waals surface area contributed by atoms with Gasteiger partial charge in [0.15, 0.2) is 0 Å². The van der Waals surface area contributed by atoms with Crippen LogP contribution in [0.3, 0.4) is 0 Å². The summed E-state index contributed by atoms with van der Waals surface area (Å²) in [5, 5.41) is 1.68. The van der Waals surface area contributed by atoms with Crippen LogP contribution in [-0.2, 0) is 6.54 Å². The van der Waals surface area contributed by atoms with Crippen molar-refractivity contribution in [1.82, 2.24) is 14.0 Å². The summed E-state index contributed by atoms with van der Waals surface area (Å²) < 4.78 is 3.99. The SMILES string of the molecule is CCCCn1c(=O)c2ccccc2c2nc3cccc(C)n3c21. The molecule has 0 bridgehead atoms. The predicted molar refractivity (Wildman–Crippen MR) is 94.1 cm³/mol. The fourth-order valence-electron chi connectivity index (χ4n) is 3.31. The van der Waals surface area contributed by atoms with Gasteiger partial charge in [0, 0.05) is 23.0 Å². The topological polar surface area (TPSA) is 39.3 Å². The molecule has 1 aromatic carbocycles. The summed E-state index contributed by atoms with van der Waals surface area (Å²) in [5.41, 5.74) is 3.87. The minimum Gasteiger partial charge on any atom is -0.292 e. The Morgan fingerprint density at radius 1 is 1.04 bits per heavy atom. The fourth-order valence-corrected chi connectivity index (χ4v) is 3.31. The molecular weight excluding hydrogens is 286 g/mol. The Morgan fingerprint density at radius 2 is 1.83 bits per heavy atom. The number of aryl methyl sites for hydroxylation is 2. The number of rotatable bonds is 3. The van der Waals surface area contributed by atoms with Crippen molar-refractivity contribution < 1.29 is 0 Å². The molecule has 0 amide bonds. The second kappa shape index (κ2) is 5.23. The Balaban J connectivity index is 2.28. The van der Waals surface area contributed by atoms with Gasteiger partial charge in [0.2, 0.25) is 0 Å². The van der Waals surface area contributed by atoms with E-state index in [1.807, 2.05) is 41.0 Å². The second-order valence-electron chi connectivity index (χ2n) is 6.00. The molecule has 3 heterocycles. The molecule has 4 nitrogen and oxygen atoms in total. The third kappa shape index (κ3) is 1.98. The Hall–Kier alpha value is -2.62. The molecule has 23 heavy (non-hydrogen) atoms. The first-order valence-corrected chi connectivity index (χ1v) is 8.11. The molecule has 0 spiro atoms. The molecule has 0 aliphatic rings. The molecule has 4 aromatic rings. The molecule has 0 fully saturated rings. The van der Waals surface area contributed by atoms with Crippen LogP contribution in [0.4, 0.5) is 0 Å². The summed E-state index contributed by atoms with van der Waals surface area (Å²) >= 11 is 0. The van der Waals surface area contributed by atoms with Gasteiger partial charge in [0.05, 0.1) is 0 Å². The highest BCUT2D eigenvalue weighted by Gasteiger charge is 2.16. The normalized spacial score (nSPS) is 11.7. The van der Waals surface area contributed by atoms with E-state index in [0.717, 1.165) is 52.7 Å². The predicted octanol–water partition coefficient (Wildman–Crippen LogP) is 3.91. The highest BCUT2D eigenvalue weighted by atomic mass is 16.1. The number of pyridine rings is 2. The lowest BCUT2D eigenvalue weighted by Gasteiger charge is -2.11. The average Bonchev–Trinajstić information content (AvgIpc) is 2.96. The number of imidazole rings is 1. The quantitative estimate of drug-likeness (QED) is 0.575. The van der Waals surface area contributed by atoms with Gasteiger partial charge >= 0.3 is 0 Å². The van der Waals surface area contributed by atoms with E-state index in [1.54, 1.807) is 0 Å². The van der Waals surface area contributed by atoms with Crippen molar-refractivity contribution in [3.8, 4) is 0 Å². The Morgan fingerprint density at radius 3 is 2.61 bits per heavy atom. The smallest absolute Gasteiger partial charge is 0.260 e. The molecular formula is C19H19N3O. The summed E-state index contributed by atoms with van der Waals surface area (Å²) in [7, 11) is 0. The van der Waals surface area contributed by atoms with Gasteiger partial charge < -0.3 is 0 Å². The summed E-state index contributed by atoms with van der Waals surface area (Å²) in [6.07, 6.45) is 2.03. The lowest BCUT2D eigenvalue weighted by Crippen LogP contribution is -2.22. The van der Waals surface area contributed by atoms with E-state index in [4.69, 9.17) is 4.98 Å². The van der Waals surface area contributed by atoms with E-state index < -0.39 is 0 Å². The largest absolute Gasteiger partial charge is 0.292 e. The van der Waals surface area contributed by atoms with Crippen LogP contribution in [0.1, 0.15) is 25.5 Å². The molecule has 0 atom stereocenters. The van der Waals surface area contributed by atoms with Crippen LogP contribution < -0.4 is 5.56 Å². The van der Waals surface area contributed by atoms with Gasteiger partial charge in [-0.2, -0.15) is 0 Å². The van der Waals surface area contributed by atoms with E-state index >= 15 is 0 Å². The van der Waals surface area contributed by atoms with E-state index in [-0.39, 0.29) is 5.56 Å². The number of nitrogens with zero attached hydrogens (tertiary/aromatic N) is 3. The number of hydrogen-bond acceptors (Lipinski definition) is 2. The second-order valence-corrected chi connectivity index (χ2v) is 6.00. The molecule has 0 saturated carbocycles. The van der Waals surface area contributed by atoms with Crippen molar-refractivity contribution in [2.45, 2.75) is 33.2 Å². The number of aromatic nitrogens is 3. The van der Waals surface area contributed by atoms with Crippen molar-refractivity contribution in [1.29, 1.82) is 0 Å². The van der Waals surface area contributed by atoms with Crippen LogP contribution in [-0.4, -0.2) is 14.0 Å². The fraction of sp³-hybridized carbons (Fsp3) is 0.263. The molecule has 0 radical (unpaired) electrons. The average molecular weight is 305 g/mol. The maximum atomic E-state index is 13.0. The Labute approximate surface area is 134 Å². The van der Waals surface area contributed by atoms with Crippen LogP contribution in [0.5, 0.6) is 0 Å². The van der Waals surface area contributed by atoms with Gasteiger partial charge in [0.25, 0.3) is 5.56 Å². The van der Waals surface area contributed by atoms with Crippen LogP contribution in [0.25, 0.3) is 27.6 Å². The minimum atomic E-state index is 0.0756. The number of unbranched alkanes of at least 4 members (excludes halogenated alkanes) is 1. The maximum Gasteiger partial charge on any atom is 0.260 e. The number of benzene rings is 1. The highest BCUT2D eigenvalue weighted by molar-refractivity contribution is 6.03. The maximum absolute atomic E-state index is 13.0. The van der Waals surface area contributed by atoms with Gasteiger partial charge in [-0.25, -0.2) is 4.98 Å². The zero-order valence-electron chi connectivity index (χ0n) is 13.4. The molecule has 4 rings (SSSR count). The van der Waals surface area contributed by atoms with Gasteiger partial charge in [0.1, 0.15) is 16.8 Å². The lowest BCUT2D eigenvalue weighted by molar-refractivity contribution is 0.628. The van der Waals surface area contributed by atoms with E-state index in [2.05, 4.69) is 24.3 Å². The van der Waals surface area contributed by atoms with Crippen LogP contribution in [0.2, 0.25) is 0 Å². The molecule has 116 valence electrons. The molecule has 0 N–H and O–H groups in total. The van der Waals surface area contributed by atoms with Crippen molar-refractivity contribution in [3.05, 3.63) is 58.5 Å². The Bertz CT molecular complexity index is 1090. The summed E-state index contributed by atoms with van der Waals surface area (Å²) in [6.45, 7) is 4.92. The van der Waals surface area contributed by atoms with E-state index in [9.17, 15) is 4.79 Å². The molecule has 4 heteroatoms. The summed E-state index contributed by atoms with van der Waals surface area (Å²) in [5.74, 6) is 0. The van der Waals surface area contributed by atoms with E-state index in [0.29, 0.717) is 0 Å². The minimum absolute atomic E-state index is 0.0756. The van der Waals surface area contributed by atoms with Gasteiger partial charge in [-0.3, -0.25) is 13.8 Å². The third-order valence-corrected chi connectivity index (χ3v) is 4.46. The summed E-state index contributed by atoms with van der Waals surface area (Å²) in [4.78, 5) is 17.8. The molecule has 0 unspecified atom stereocenters. The zero-order chi connectivity index (χ0) is 16.0. The number of fused-ring (bicyclic) bond motifs is 5. The first-order valence-electron chi connectivity index (χ1n) is 8.11. The Kier molecular flexibility index (Phi) is 3.18. The van der Waals surface area contributed by atoms with Crippen LogP contribution >= 0.6 is 0 Å². The first-order chi connectivity index (χ1) is 11.2. The van der Waals surface area contributed by atoms with Gasteiger partial charge in [-0.1, -0.05) is 37.6 Å². The molecule has 0 aliphatic heterocycles. The standard InChI is InChI=1S/C19H19N3O/c1-3-4-12-21-18-17(14-9-5-6-10-15(14)19(21)23)20-16-11-7-8-13(2)22(16)18/h5-11H,3-4,12H2,1-2H3. The monoisotopic (exact) mass is 305 g/mol. The van der Waals surface area contributed by atoms with Gasteiger partial charge in [-0.05, 0) is 31.5 Å². The highest BCUT2D eigenvalue weighted by Crippen LogP contribution is 2.25. The van der Waals surface area contributed by atoms with E-state index in [1.165, 1.54) is 0 Å². The van der Waals surface area contributed by atoms with Crippen molar-refractivity contribution in [2.75, 3.05) is 0 Å². The molecule has 0 saturated heterocycles. The van der Waals surface area contributed by atoms with Crippen molar-refractivity contribution in [2.24, 2.45) is 0 Å².